The van der Waals surface area contributed by atoms with Crippen LogP contribution in [0.4, 0.5) is 5.13 Å². The Morgan fingerprint density at radius 2 is 1.79 bits per heavy atom. The lowest BCUT2D eigenvalue weighted by atomic mass is 10.2. The molecule has 3 heterocycles. The van der Waals surface area contributed by atoms with E-state index in [1.807, 2.05) is 19.1 Å². The largest absolute Gasteiger partial charge is 0.494 e. The molecule has 2 aliphatic rings. The number of sulfonamides is 1. The van der Waals surface area contributed by atoms with Crippen LogP contribution in [0.25, 0.3) is 10.2 Å². The van der Waals surface area contributed by atoms with Crippen LogP contribution in [0, 0.1) is 0 Å². The summed E-state index contributed by atoms with van der Waals surface area (Å²) < 4.78 is 38.9. The molecular weight excluding hydrogens is 526 g/mol. The van der Waals surface area contributed by atoms with E-state index in [4.69, 9.17) is 14.5 Å². The second-order valence-corrected chi connectivity index (χ2v) is 12.1. The van der Waals surface area contributed by atoms with Gasteiger partial charge in [0.05, 0.1) is 34.9 Å². The Balaban J connectivity index is 1.07. The highest BCUT2D eigenvalue weighted by atomic mass is 32.2. The van der Waals surface area contributed by atoms with E-state index in [0.29, 0.717) is 45.0 Å². The fourth-order valence-electron chi connectivity index (χ4n) is 4.59. The van der Waals surface area contributed by atoms with Gasteiger partial charge in [-0.2, -0.15) is 4.31 Å². The van der Waals surface area contributed by atoms with Crippen molar-refractivity contribution in [1.29, 1.82) is 0 Å². The normalized spacial score (nSPS) is 17.6. The Kier molecular flexibility index (Phi) is 8.44. The summed E-state index contributed by atoms with van der Waals surface area (Å²) in [7, 11) is -3.57. The van der Waals surface area contributed by atoms with E-state index in [-0.39, 0.29) is 10.8 Å². The Morgan fingerprint density at radius 3 is 2.50 bits per heavy atom. The number of rotatable bonds is 9. The average Bonchev–Trinajstić information content (AvgIpc) is 3.38. The van der Waals surface area contributed by atoms with Gasteiger partial charge in [0.1, 0.15) is 5.75 Å². The standard InChI is InChI=1S/C26H33N5O5S2/c1-2-36-21-5-8-23-24(19-21)37-26(28-23)30-13-11-29(12-14-30)10-9-27-25(32)20-3-6-22(7-4-20)38(33,34)31-15-17-35-18-16-31/h3-8,19H,2,9-18H2,1H3,(H,27,32). The molecule has 38 heavy (non-hydrogen) atoms. The maximum Gasteiger partial charge on any atom is 0.251 e. The molecule has 1 amide bonds. The molecule has 1 N–H and O–H groups in total. The number of ether oxygens (including phenoxy) is 2. The number of nitrogens with zero attached hydrogens (tertiary/aromatic N) is 4. The van der Waals surface area contributed by atoms with Gasteiger partial charge in [-0.3, -0.25) is 9.69 Å². The van der Waals surface area contributed by atoms with Crippen molar-refractivity contribution in [3.63, 3.8) is 0 Å². The third-order valence-electron chi connectivity index (χ3n) is 6.74. The minimum Gasteiger partial charge on any atom is -0.494 e. The van der Waals surface area contributed by atoms with Gasteiger partial charge in [-0.15, -0.1) is 0 Å². The number of morpholine rings is 1. The van der Waals surface area contributed by atoms with Gasteiger partial charge in [0.15, 0.2) is 5.13 Å². The summed E-state index contributed by atoms with van der Waals surface area (Å²) in [6.07, 6.45) is 0. The zero-order valence-electron chi connectivity index (χ0n) is 21.5. The number of thiazole rings is 1. The lowest BCUT2D eigenvalue weighted by Gasteiger charge is -2.34. The summed E-state index contributed by atoms with van der Waals surface area (Å²) in [5, 5.41) is 3.98. The van der Waals surface area contributed by atoms with E-state index in [0.717, 1.165) is 53.8 Å². The van der Waals surface area contributed by atoms with Gasteiger partial charge >= 0.3 is 0 Å². The Labute approximate surface area is 227 Å². The van der Waals surface area contributed by atoms with Crippen molar-refractivity contribution in [2.24, 2.45) is 0 Å². The first-order valence-corrected chi connectivity index (χ1v) is 15.2. The first-order valence-electron chi connectivity index (χ1n) is 12.9. The second-order valence-electron chi connectivity index (χ2n) is 9.18. The molecule has 10 nitrogen and oxygen atoms in total. The van der Waals surface area contributed by atoms with Gasteiger partial charge in [-0.1, -0.05) is 11.3 Å². The molecule has 0 atom stereocenters. The molecule has 2 aromatic carbocycles. The third-order valence-corrected chi connectivity index (χ3v) is 9.73. The molecule has 2 fully saturated rings. The monoisotopic (exact) mass is 559 g/mol. The molecular formula is C26H33N5O5S2. The number of carbonyl (C=O) groups is 1. The summed E-state index contributed by atoms with van der Waals surface area (Å²) in [4.78, 5) is 22.2. The van der Waals surface area contributed by atoms with E-state index in [1.165, 1.54) is 16.4 Å². The number of fused-ring (bicyclic) bond motifs is 1. The van der Waals surface area contributed by atoms with Crippen LogP contribution in [0.5, 0.6) is 5.75 Å². The van der Waals surface area contributed by atoms with E-state index in [1.54, 1.807) is 23.5 Å². The van der Waals surface area contributed by atoms with E-state index >= 15 is 0 Å². The first kappa shape index (κ1) is 26.8. The number of aromatic nitrogens is 1. The lowest BCUT2D eigenvalue weighted by Crippen LogP contribution is -2.48. The number of benzene rings is 2. The van der Waals surface area contributed by atoms with Gasteiger partial charge < -0.3 is 19.7 Å². The van der Waals surface area contributed by atoms with Crippen molar-refractivity contribution < 1.29 is 22.7 Å². The fraction of sp³-hybridized carbons (Fsp3) is 0.462. The van der Waals surface area contributed by atoms with Crippen LogP contribution in [0.1, 0.15) is 17.3 Å². The van der Waals surface area contributed by atoms with E-state index < -0.39 is 10.0 Å². The summed E-state index contributed by atoms with van der Waals surface area (Å²) in [6, 6.07) is 12.2. The van der Waals surface area contributed by atoms with E-state index in [9.17, 15) is 13.2 Å². The van der Waals surface area contributed by atoms with Crippen LogP contribution in [0.15, 0.2) is 47.4 Å². The van der Waals surface area contributed by atoms with Gasteiger partial charge in [0.2, 0.25) is 10.0 Å². The van der Waals surface area contributed by atoms with Crippen molar-refractivity contribution in [3.05, 3.63) is 48.0 Å². The van der Waals surface area contributed by atoms with E-state index in [2.05, 4.69) is 21.2 Å². The summed E-state index contributed by atoms with van der Waals surface area (Å²) in [5.74, 6) is 0.663. The quantitative estimate of drug-likeness (QED) is 0.426. The molecule has 2 aliphatic heterocycles. The number of anilines is 1. The SMILES string of the molecule is CCOc1ccc2nc(N3CCN(CCNC(=O)c4ccc(S(=O)(=O)N5CCOCC5)cc4)CC3)sc2c1. The Hall–Kier alpha value is -2.77. The topological polar surface area (TPSA) is 104 Å². The maximum absolute atomic E-state index is 12.8. The summed E-state index contributed by atoms with van der Waals surface area (Å²) in [6.45, 7) is 8.92. The average molecular weight is 560 g/mol. The van der Waals surface area contributed by atoms with Crippen molar-refractivity contribution in [1.82, 2.24) is 19.5 Å². The van der Waals surface area contributed by atoms with Gasteiger partial charge in [0, 0.05) is 57.9 Å². The number of carbonyl (C=O) groups excluding carboxylic acids is 1. The van der Waals surface area contributed by atoms with Crippen LogP contribution in [0.3, 0.4) is 0 Å². The number of piperazine rings is 1. The van der Waals surface area contributed by atoms with Crippen LogP contribution in [-0.4, -0.2) is 101 Å². The lowest BCUT2D eigenvalue weighted by molar-refractivity contribution is 0.0730. The van der Waals surface area contributed by atoms with Gasteiger partial charge in [-0.25, -0.2) is 13.4 Å². The predicted molar refractivity (Wildman–Crippen MR) is 148 cm³/mol. The molecule has 2 saturated heterocycles. The molecule has 0 unspecified atom stereocenters. The molecule has 5 rings (SSSR count). The van der Waals surface area contributed by atoms with Crippen molar-refractivity contribution >= 4 is 42.6 Å². The number of hydrogen-bond donors (Lipinski definition) is 1. The molecule has 0 radical (unpaired) electrons. The van der Waals surface area contributed by atoms with Crippen LogP contribution in [0.2, 0.25) is 0 Å². The highest BCUT2D eigenvalue weighted by Crippen LogP contribution is 2.32. The molecule has 0 aliphatic carbocycles. The molecule has 204 valence electrons. The van der Waals surface area contributed by atoms with Gasteiger partial charge in [0.25, 0.3) is 5.91 Å². The van der Waals surface area contributed by atoms with Gasteiger partial charge in [-0.05, 0) is 49.4 Å². The highest BCUT2D eigenvalue weighted by molar-refractivity contribution is 7.89. The maximum atomic E-state index is 12.8. The molecule has 0 saturated carbocycles. The Morgan fingerprint density at radius 1 is 1.05 bits per heavy atom. The number of nitrogens with one attached hydrogen (secondary N) is 1. The first-order chi connectivity index (χ1) is 18.4. The summed E-state index contributed by atoms with van der Waals surface area (Å²) >= 11 is 1.69. The van der Waals surface area contributed by atoms with Crippen molar-refractivity contribution in [2.75, 3.05) is 77.1 Å². The minimum absolute atomic E-state index is 0.191. The third kappa shape index (κ3) is 6.10. The predicted octanol–water partition coefficient (Wildman–Crippen LogP) is 2.27. The number of hydrogen-bond acceptors (Lipinski definition) is 9. The smallest absolute Gasteiger partial charge is 0.251 e. The van der Waals surface area contributed by atoms with Crippen molar-refractivity contribution in [3.8, 4) is 5.75 Å². The van der Waals surface area contributed by atoms with Crippen LogP contribution in [-0.2, 0) is 14.8 Å². The highest BCUT2D eigenvalue weighted by Gasteiger charge is 2.26. The summed E-state index contributed by atoms with van der Waals surface area (Å²) in [5.41, 5.74) is 1.43. The number of amides is 1. The minimum atomic E-state index is -3.57. The Bertz CT molecular complexity index is 1350. The molecule has 3 aromatic rings. The van der Waals surface area contributed by atoms with Crippen LogP contribution < -0.4 is 15.0 Å². The zero-order chi connectivity index (χ0) is 26.5. The fourth-order valence-corrected chi connectivity index (χ4v) is 7.04. The molecule has 0 spiro atoms. The zero-order valence-corrected chi connectivity index (χ0v) is 23.1. The second kappa shape index (κ2) is 12.0. The molecule has 12 heteroatoms. The molecule has 1 aromatic heterocycles. The molecule has 0 bridgehead atoms. The van der Waals surface area contributed by atoms with Crippen molar-refractivity contribution in [2.45, 2.75) is 11.8 Å². The van der Waals surface area contributed by atoms with Crippen LogP contribution >= 0.6 is 11.3 Å².